The van der Waals surface area contributed by atoms with E-state index in [0.717, 1.165) is 12.1 Å². The smallest absolute Gasteiger partial charge is 0.251 e. The average molecular weight is 357 g/mol. The van der Waals surface area contributed by atoms with Crippen LogP contribution in [0.5, 0.6) is 0 Å². The largest absolute Gasteiger partial charge is 0.354 e. The fourth-order valence-electron chi connectivity index (χ4n) is 4.18. The van der Waals surface area contributed by atoms with E-state index in [9.17, 15) is 14.0 Å². The number of amides is 1. The lowest BCUT2D eigenvalue weighted by molar-refractivity contribution is -0.119. The van der Waals surface area contributed by atoms with Crippen molar-refractivity contribution in [2.45, 2.75) is 25.3 Å². The van der Waals surface area contributed by atoms with Gasteiger partial charge >= 0.3 is 0 Å². The Bertz CT molecular complexity index is 882. The van der Waals surface area contributed by atoms with E-state index in [2.05, 4.69) is 15.3 Å². The van der Waals surface area contributed by atoms with Gasteiger partial charge in [0.2, 0.25) is 11.9 Å². The molecule has 2 aromatic heterocycles. The number of rotatable bonds is 3. The van der Waals surface area contributed by atoms with Crippen molar-refractivity contribution in [2.24, 2.45) is 5.92 Å². The molecule has 1 N–H and O–H groups in total. The Morgan fingerprint density at radius 2 is 2.08 bits per heavy atom. The molecule has 0 unspecified atom stereocenters. The second kappa shape index (κ2) is 6.51. The van der Waals surface area contributed by atoms with E-state index in [1.54, 1.807) is 12.1 Å². The maximum atomic E-state index is 13.1. The van der Waals surface area contributed by atoms with Gasteiger partial charge in [-0.3, -0.25) is 9.59 Å². The van der Waals surface area contributed by atoms with Gasteiger partial charge in [0.25, 0.3) is 5.56 Å². The van der Waals surface area contributed by atoms with Crippen LogP contribution in [0.15, 0.2) is 35.4 Å². The zero-order valence-corrected chi connectivity index (χ0v) is 14.4. The first-order chi connectivity index (χ1) is 12.5. The lowest BCUT2D eigenvalue weighted by Crippen LogP contribution is -2.52. The van der Waals surface area contributed by atoms with E-state index >= 15 is 0 Å². The quantitative estimate of drug-likeness (QED) is 0.889. The Balaban J connectivity index is 1.70. The minimum atomic E-state index is -0.466. The van der Waals surface area contributed by atoms with E-state index in [4.69, 9.17) is 0 Å². The molecule has 0 aliphatic carbocycles. The fourth-order valence-corrected chi connectivity index (χ4v) is 4.18. The first-order valence-electron chi connectivity index (χ1n) is 8.71. The van der Waals surface area contributed by atoms with E-state index in [0.29, 0.717) is 25.6 Å². The Morgan fingerprint density at radius 1 is 1.31 bits per heavy atom. The van der Waals surface area contributed by atoms with Crippen molar-refractivity contribution in [2.75, 3.05) is 24.5 Å². The van der Waals surface area contributed by atoms with E-state index in [1.807, 2.05) is 15.5 Å². The molecule has 7 nitrogen and oxygen atoms in total. The Labute approximate surface area is 149 Å². The summed E-state index contributed by atoms with van der Waals surface area (Å²) >= 11 is 0. The van der Waals surface area contributed by atoms with Gasteiger partial charge in [-0.15, -0.1) is 0 Å². The number of carbonyl (C=O) groups is 1. The molecule has 136 valence electrons. The van der Waals surface area contributed by atoms with Crippen molar-refractivity contribution < 1.29 is 9.18 Å². The molecule has 2 aliphatic heterocycles. The van der Waals surface area contributed by atoms with E-state index in [-0.39, 0.29) is 29.3 Å². The molecule has 4 rings (SSSR count). The highest BCUT2D eigenvalue weighted by Crippen LogP contribution is 2.41. The summed E-state index contributed by atoms with van der Waals surface area (Å²) in [6, 6.07) is 5.18. The zero-order valence-electron chi connectivity index (χ0n) is 14.4. The highest BCUT2D eigenvalue weighted by Gasteiger charge is 2.41. The summed E-state index contributed by atoms with van der Waals surface area (Å²) < 4.78 is 15.0. The summed E-state index contributed by atoms with van der Waals surface area (Å²) in [5.74, 6) is 0.247. The highest BCUT2D eigenvalue weighted by molar-refractivity contribution is 5.72. The summed E-state index contributed by atoms with van der Waals surface area (Å²) in [5, 5.41) is 2.85. The van der Waals surface area contributed by atoms with Crippen LogP contribution < -0.4 is 15.8 Å². The first kappa shape index (κ1) is 16.7. The summed E-state index contributed by atoms with van der Waals surface area (Å²) in [5.41, 5.74) is 0.926. The summed E-state index contributed by atoms with van der Waals surface area (Å²) in [4.78, 5) is 34.2. The van der Waals surface area contributed by atoms with E-state index in [1.165, 1.54) is 19.3 Å². The summed E-state index contributed by atoms with van der Waals surface area (Å²) in [6.07, 6.45) is 3.27. The number of carbonyl (C=O) groups excluding carboxylic acids is 1. The van der Waals surface area contributed by atoms with Crippen molar-refractivity contribution in [3.8, 4) is 0 Å². The highest BCUT2D eigenvalue weighted by atomic mass is 19.1. The monoisotopic (exact) mass is 357 g/mol. The van der Waals surface area contributed by atoms with Crippen LogP contribution in [0.4, 0.5) is 10.3 Å². The number of piperidine rings is 1. The molecule has 2 bridgehead atoms. The Morgan fingerprint density at radius 3 is 2.81 bits per heavy atom. The van der Waals surface area contributed by atoms with Gasteiger partial charge in [-0.1, -0.05) is 6.07 Å². The number of pyridine rings is 1. The van der Waals surface area contributed by atoms with Gasteiger partial charge in [-0.25, -0.2) is 14.4 Å². The van der Waals surface area contributed by atoms with Gasteiger partial charge in [-0.05, 0) is 18.4 Å². The van der Waals surface area contributed by atoms with Crippen LogP contribution in [-0.2, 0) is 4.79 Å². The number of hydrogen-bond acceptors (Lipinski definition) is 5. The van der Waals surface area contributed by atoms with Crippen molar-refractivity contribution in [1.29, 1.82) is 0 Å². The van der Waals surface area contributed by atoms with Crippen LogP contribution in [0.3, 0.4) is 0 Å². The molecular formula is C18H20FN5O2. The van der Waals surface area contributed by atoms with Crippen LogP contribution in [-0.4, -0.2) is 40.1 Å². The molecule has 1 amide bonds. The lowest BCUT2D eigenvalue weighted by atomic mass is 9.78. The van der Waals surface area contributed by atoms with Crippen LogP contribution in [0.2, 0.25) is 0 Å². The van der Waals surface area contributed by atoms with Crippen molar-refractivity contribution in [3.63, 3.8) is 0 Å². The van der Waals surface area contributed by atoms with Gasteiger partial charge < -0.3 is 14.8 Å². The van der Waals surface area contributed by atoms with Gasteiger partial charge in [0.05, 0.1) is 18.4 Å². The minimum Gasteiger partial charge on any atom is -0.354 e. The zero-order chi connectivity index (χ0) is 18.3. The van der Waals surface area contributed by atoms with Gasteiger partial charge in [0, 0.05) is 44.2 Å². The average Bonchev–Trinajstić information content (AvgIpc) is 2.62. The molecule has 3 atom stereocenters. The van der Waals surface area contributed by atoms with Crippen LogP contribution in [0, 0.1) is 11.7 Å². The number of nitrogens with one attached hydrogen (secondary N) is 1. The molecule has 1 fully saturated rings. The summed E-state index contributed by atoms with van der Waals surface area (Å²) in [7, 11) is 0. The van der Waals surface area contributed by atoms with Gasteiger partial charge in [0.15, 0.2) is 5.82 Å². The molecule has 0 aromatic carbocycles. The number of anilines is 1. The maximum Gasteiger partial charge on any atom is 0.251 e. The Hall–Kier alpha value is -2.77. The Kier molecular flexibility index (Phi) is 4.18. The number of aromatic nitrogens is 3. The number of nitrogens with zero attached hydrogens (tertiary/aromatic N) is 4. The number of hydrogen-bond donors (Lipinski definition) is 1. The predicted molar refractivity (Wildman–Crippen MR) is 93.5 cm³/mol. The normalized spacial score (nSPS) is 24.1. The predicted octanol–water partition coefficient (Wildman–Crippen LogP) is 1.08. The van der Waals surface area contributed by atoms with Crippen molar-refractivity contribution >= 4 is 11.9 Å². The van der Waals surface area contributed by atoms with Crippen LogP contribution >= 0.6 is 0 Å². The molecule has 1 saturated heterocycles. The second-order valence-corrected chi connectivity index (χ2v) is 6.96. The second-order valence-electron chi connectivity index (χ2n) is 6.96. The lowest BCUT2D eigenvalue weighted by Gasteiger charge is -2.47. The van der Waals surface area contributed by atoms with Gasteiger partial charge in [0.1, 0.15) is 0 Å². The SMILES string of the molecule is CC(=O)NC[C@H]1[C@H]2C[C@H](CN(c3ncc(F)cn3)C2)c2cccc(=O)n21. The fraction of sp³-hybridized carbons (Fsp3) is 0.444. The first-order valence-corrected chi connectivity index (χ1v) is 8.71. The third kappa shape index (κ3) is 2.95. The van der Waals surface area contributed by atoms with Crippen molar-refractivity contribution in [3.05, 3.63) is 52.5 Å². The standard InChI is InChI=1S/C18H20FN5O2/c1-11(25)20-8-16-13-5-12(15-3-2-4-17(26)24(15)16)9-23(10-13)18-21-6-14(19)7-22-18/h2-4,6-7,12-13,16H,5,8-10H2,1H3,(H,20,25)/t12-,13+,16+/m1/s1. The minimum absolute atomic E-state index is 0.0426. The van der Waals surface area contributed by atoms with E-state index < -0.39 is 5.82 Å². The van der Waals surface area contributed by atoms with Gasteiger partial charge in [-0.2, -0.15) is 0 Å². The molecular weight excluding hydrogens is 337 g/mol. The maximum absolute atomic E-state index is 13.1. The third-order valence-corrected chi connectivity index (χ3v) is 5.25. The molecule has 26 heavy (non-hydrogen) atoms. The van der Waals surface area contributed by atoms with Crippen LogP contribution in [0.25, 0.3) is 0 Å². The third-order valence-electron chi connectivity index (χ3n) is 5.25. The number of fused-ring (bicyclic) bond motifs is 4. The number of halogens is 1. The topological polar surface area (TPSA) is 80.1 Å². The molecule has 2 aromatic rings. The van der Waals surface area contributed by atoms with Crippen molar-refractivity contribution in [1.82, 2.24) is 19.9 Å². The molecule has 8 heteroatoms. The molecule has 0 saturated carbocycles. The molecule has 0 radical (unpaired) electrons. The molecule has 4 heterocycles. The summed E-state index contributed by atoms with van der Waals surface area (Å²) in [6.45, 7) is 3.22. The molecule has 2 aliphatic rings. The van der Waals surface area contributed by atoms with Crippen LogP contribution in [0.1, 0.15) is 31.0 Å². The molecule has 0 spiro atoms.